The minimum absolute atomic E-state index is 0.0568. The van der Waals surface area contributed by atoms with Crippen molar-refractivity contribution in [2.24, 2.45) is 0 Å². The van der Waals surface area contributed by atoms with E-state index in [2.05, 4.69) is 20.6 Å². The Labute approximate surface area is 121 Å². The van der Waals surface area contributed by atoms with E-state index in [1.54, 1.807) is 4.68 Å². The molecule has 0 saturated carbocycles. The second-order valence-electron chi connectivity index (χ2n) is 4.98. The maximum absolute atomic E-state index is 11.9. The van der Waals surface area contributed by atoms with Crippen molar-refractivity contribution in [1.29, 1.82) is 0 Å². The number of aryl methyl sites for hydroxylation is 1. The molecular weight excluding hydrogens is 274 g/mol. The predicted octanol–water partition coefficient (Wildman–Crippen LogP) is 0.834. The average Bonchev–Trinajstić information content (AvgIpc) is 3.20. The van der Waals surface area contributed by atoms with Gasteiger partial charge in [0.25, 0.3) is 0 Å². The maximum Gasteiger partial charge on any atom is 0.360 e. The lowest BCUT2D eigenvalue weighted by Crippen LogP contribution is -2.21. The molecule has 8 nitrogen and oxygen atoms in total. The van der Waals surface area contributed by atoms with Crippen LogP contribution in [0.1, 0.15) is 46.5 Å². The summed E-state index contributed by atoms with van der Waals surface area (Å²) in [5.74, 6) is 0.261. The summed E-state index contributed by atoms with van der Waals surface area (Å²) in [7, 11) is 1.34. The van der Waals surface area contributed by atoms with Crippen molar-refractivity contribution in [3.05, 3.63) is 29.2 Å². The summed E-state index contributed by atoms with van der Waals surface area (Å²) >= 11 is 0. The van der Waals surface area contributed by atoms with E-state index in [0.29, 0.717) is 6.54 Å². The molecule has 0 aromatic carbocycles. The molecule has 112 valence electrons. The van der Waals surface area contributed by atoms with Crippen LogP contribution in [0.2, 0.25) is 0 Å². The van der Waals surface area contributed by atoms with E-state index in [-0.39, 0.29) is 11.7 Å². The summed E-state index contributed by atoms with van der Waals surface area (Å²) in [6.45, 7) is 3.17. The molecule has 1 unspecified atom stereocenters. The fourth-order valence-corrected chi connectivity index (χ4v) is 2.56. The zero-order valence-corrected chi connectivity index (χ0v) is 12.0. The first-order valence-electron chi connectivity index (χ1n) is 6.84. The highest BCUT2D eigenvalue weighted by Crippen LogP contribution is 2.26. The number of nitrogens with one attached hydrogen (secondary N) is 1. The first kappa shape index (κ1) is 13.7. The summed E-state index contributed by atoms with van der Waals surface area (Å²) in [5.41, 5.74) is 1.79. The van der Waals surface area contributed by atoms with Gasteiger partial charge in [0.15, 0.2) is 12.1 Å². The number of hydrogen-bond donors (Lipinski definition) is 1. The van der Waals surface area contributed by atoms with Crippen LogP contribution in [0.25, 0.3) is 0 Å². The van der Waals surface area contributed by atoms with Crippen molar-refractivity contribution in [2.45, 2.75) is 32.4 Å². The number of methoxy groups -OCH3 is 1. The van der Waals surface area contributed by atoms with Gasteiger partial charge in [0.1, 0.15) is 11.5 Å². The van der Waals surface area contributed by atoms with Crippen LogP contribution in [0.4, 0.5) is 0 Å². The Balaban J connectivity index is 1.97. The van der Waals surface area contributed by atoms with Gasteiger partial charge in [-0.05, 0) is 26.3 Å². The van der Waals surface area contributed by atoms with Crippen molar-refractivity contribution >= 4 is 5.97 Å². The van der Waals surface area contributed by atoms with Crippen LogP contribution in [0, 0.1) is 6.92 Å². The van der Waals surface area contributed by atoms with Crippen molar-refractivity contribution < 1.29 is 13.9 Å². The molecule has 1 aliphatic rings. The molecule has 3 heterocycles. The Kier molecular flexibility index (Phi) is 3.70. The monoisotopic (exact) mass is 291 g/mol. The minimum Gasteiger partial charge on any atom is -0.464 e. The Morgan fingerprint density at radius 2 is 2.48 bits per heavy atom. The highest BCUT2D eigenvalue weighted by Gasteiger charge is 2.29. The molecule has 2 aromatic rings. The summed E-state index contributed by atoms with van der Waals surface area (Å²) < 4.78 is 11.7. The third-order valence-corrected chi connectivity index (χ3v) is 3.69. The normalized spacial score (nSPS) is 18.1. The van der Waals surface area contributed by atoms with E-state index in [1.165, 1.54) is 13.5 Å². The van der Waals surface area contributed by atoms with Crippen LogP contribution >= 0.6 is 0 Å². The number of esters is 1. The topological polar surface area (TPSA) is 95.1 Å². The van der Waals surface area contributed by atoms with E-state index in [1.807, 2.05) is 6.92 Å². The van der Waals surface area contributed by atoms with Gasteiger partial charge < -0.3 is 14.5 Å². The number of carbonyl (C=O) groups excluding carboxylic acids is 1. The molecule has 1 N–H and O–H groups in total. The summed E-state index contributed by atoms with van der Waals surface area (Å²) in [6.07, 6.45) is 3.39. The molecule has 0 radical (unpaired) electrons. The predicted molar refractivity (Wildman–Crippen MR) is 71.7 cm³/mol. The van der Waals surface area contributed by atoms with Crippen molar-refractivity contribution in [3.8, 4) is 0 Å². The number of hydrogen-bond acceptors (Lipinski definition) is 7. The summed E-state index contributed by atoms with van der Waals surface area (Å²) in [4.78, 5) is 16.0. The van der Waals surface area contributed by atoms with Crippen LogP contribution in [0.3, 0.4) is 0 Å². The summed E-state index contributed by atoms with van der Waals surface area (Å²) in [5, 5.41) is 11.4. The molecule has 1 atom stereocenters. The van der Waals surface area contributed by atoms with Crippen molar-refractivity contribution in [2.75, 3.05) is 13.7 Å². The van der Waals surface area contributed by atoms with Crippen LogP contribution in [0.5, 0.6) is 0 Å². The summed E-state index contributed by atoms with van der Waals surface area (Å²) in [6, 6.07) is 0.0568. The van der Waals surface area contributed by atoms with Crippen LogP contribution in [-0.4, -0.2) is 39.6 Å². The molecule has 1 aliphatic heterocycles. The van der Waals surface area contributed by atoms with Crippen molar-refractivity contribution in [3.63, 3.8) is 0 Å². The van der Waals surface area contributed by atoms with E-state index >= 15 is 0 Å². The fraction of sp³-hybridized carbons (Fsp3) is 0.538. The number of rotatable bonds is 4. The highest BCUT2D eigenvalue weighted by molar-refractivity contribution is 5.88. The average molecular weight is 291 g/mol. The molecule has 0 spiro atoms. The lowest BCUT2D eigenvalue weighted by atomic mass is 10.1. The molecule has 8 heteroatoms. The quantitative estimate of drug-likeness (QED) is 0.834. The van der Waals surface area contributed by atoms with Gasteiger partial charge in [-0.3, -0.25) is 0 Å². The smallest absolute Gasteiger partial charge is 0.360 e. The Bertz CT molecular complexity index is 642. The van der Waals surface area contributed by atoms with Gasteiger partial charge in [-0.2, -0.15) is 0 Å². The number of ether oxygens (including phenoxy) is 1. The molecule has 2 aromatic heterocycles. The zero-order valence-electron chi connectivity index (χ0n) is 12.0. The second-order valence-corrected chi connectivity index (χ2v) is 4.98. The lowest BCUT2D eigenvalue weighted by molar-refractivity contribution is 0.0591. The molecule has 3 rings (SSSR count). The Morgan fingerprint density at radius 1 is 1.62 bits per heavy atom. The van der Waals surface area contributed by atoms with Crippen LogP contribution < -0.4 is 5.32 Å². The van der Waals surface area contributed by atoms with Gasteiger partial charge >= 0.3 is 5.97 Å². The van der Waals surface area contributed by atoms with Gasteiger partial charge in [-0.1, -0.05) is 5.21 Å². The number of carbonyl (C=O) groups is 1. The molecule has 0 amide bonds. The van der Waals surface area contributed by atoms with Gasteiger partial charge in [0.2, 0.25) is 0 Å². The van der Waals surface area contributed by atoms with E-state index in [4.69, 9.17) is 9.15 Å². The largest absolute Gasteiger partial charge is 0.464 e. The van der Waals surface area contributed by atoms with Gasteiger partial charge in [0.05, 0.1) is 25.4 Å². The van der Waals surface area contributed by atoms with E-state index < -0.39 is 5.97 Å². The first-order valence-corrected chi connectivity index (χ1v) is 6.84. The molecule has 1 fully saturated rings. The first-order chi connectivity index (χ1) is 10.2. The molecule has 0 bridgehead atoms. The Morgan fingerprint density at radius 3 is 3.10 bits per heavy atom. The van der Waals surface area contributed by atoms with Gasteiger partial charge in [-0.15, -0.1) is 5.10 Å². The molecule has 21 heavy (non-hydrogen) atoms. The number of oxazole rings is 1. The number of nitrogens with zero attached hydrogens (tertiary/aromatic N) is 4. The van der Waals surface area contributed by atoms with Crippen LogP contribution in [0.15, 0.2) is 10.8 Å². The molecule has 0 aliphatic carbocycles. The lowest BCUT2D eigenvalue weighted by Gasteiger charge is -2.13. The van der Waals surface area contributed by atoms with Crippen LogP contribution in [-0.2, 0) is 11.3 Å². The second kappa shape index (κ2) is 5.65. The highest BCUT2D eigenvalue weighted by atomic mass is 16.5. The Hall–Kier alpha value is -2.22. The SMILES string of the molecule is COC(=O)c1nnn(Cc2ncoc2C)c1C1CCCN1. The molecule has 1 saturated heterocycles. The zero-order chi connectivity index (χ0) is 14.8. The van der Waals surface area contributed by atoms with Gasteiger partial charge in [0, 0.05) is 0 Å². The number of aromatic nitrogens is 4. The van der Waals surface area contributed by atoms with Gasteiger partial charge in [-0.25, -0.2) is 14.5 Å². The van der Waals surface area contributed by atoms with Crippen molar-refractivity contribution in [1.82, 2.24) is 25.3 Å². The van der Waals surface area contributed by atoms with E-state index in [9.17, 15) is 4.79 Å². The third kappa shape index (κ3) is 2.54. The third-order valence-electron chi connectivity index (χ3n) is 3.69. The maximum atomic E-state index is 11.9. The minimum atomic E-state index is -0.471. The van der Waals surface area contributed by atoms with E-state index in [0.717, 1.165) is 36.5 Å². The molecular formula is C13H17N5O3. The standard InChI is InChI=1S/C13H17N5O3/c1-8-10(15-7-21-8)6-18-12(9-4-3-5-14-9)11(16-17-18)13(19)20-2/h7,9,14H,3-6H2,1-2H3. The fourth-order valence-electron chi connectivity index (χ4n) is 2.56.